The number of benzene rings is 2. The van der Waals surface area contributed by atoms with Crippen LogP contribution in [0.25, 0.3) is 0 Å². The molecule has 172 valence electrons. The monoisotopic (exact) mass is 496 g/mol. The molecular formula is C23H17Cl2F3N2O3. The van der Waals surface area contributed by atoms with Crippen LogP contribution < -0.4 is 0 Å². The van der Waals surface area contributed by atoms with E-state index in [2.05, 4.69) is 5.16 Å². The van der Waals surface area contributed by atoms with Crippen LogP contribution in [0.4, 0.5) is 13.2 Å². The van der Waals surface area contributed by atoms with Crippen LogP contribution in [0.15, 0.2) is 70.4 Å². The Bertz CT molecular complexity index is 1180. The zero-order valence-corrected chi connectivity index (χ0v) is 18.5. The second-order valence-corrected chi connectivity index (χ2v) is 8.27. The minimum Gasteiger partial charge on any atom is -0.459 e. The predicted octanol–water partition coefficient (Wildman–Crippen LogP) is 6.44. The Morgan fingerprint density at radius 1 is 1.09 bits per heavy atom. The fourth-order valence-corrected chi connectivity index (χ4v) is 3.76. The van der Waals surface area contributed by atoms with Crippen LogP contribution in [-0.4, -0.2) is 29.2 Å². The van der Waals surface area contributed by atoms with Crippen molar-refractivity contribution in [3.8, 4) is 0 Å². The van der Waals surface area contributed by atoms with Gasteiger partial charge in [-0.15, -0.1) is 0 Å². The van der Waals surface area contributed by atoms with Crippen molar-refractivity contribution in [1.82, 2.24) is 4.90 Å². The molecule has 0 radical (unpaired) electrons. The number of oxime groups is 1. The number of carbonyl (C=O) groups excluding carboxylic acids is 1. The maximum absolute atomic E-state index is 13.1. The van der Waals surface area contributed by atoms with Crippen LogP contribution in [0, 0.1) is 0 Å². The van der Waals surface area contributed by atoms with Gasteiger partial charge in [0, 0.05) is 18.5 Å². The van der Waals surface area contributed by atoms with Crippen LogP contribution in [0.5, 0.6) is 0 Å². The molecule has 1 amide bonds. The summed E-state index contributed by atoms with van der Waals surface area (Å²) < 4.78 is 44.6. The normalized spacial score (nSPS) is 15.8. The van der Waals surface area contributed by atoms with Crippen molar-refractivity contribution in [2.24, 2.45) is 5.16 Å². The van der Waals surface area contributed by atoms with Gasteiger partial charge in [-0.05, 0) is 42.0 Å². The van der Waals surface area contributed by atoms with E-state index in [9.17, 15) is 18.0 Å². The molecule has 0 fully saturated rings. The molecule has 2 aromatic carbocycles. The largest absolute Gasteiger partial charge is 0.459 e. The number of furan rings is 1. The lowest BCUT2D eigenvalue weighted by atomic mass is 10.0. The van der Waals surface area contributed by atoms with Crippen LogP contribution in [-0.2, 0) is 17.6 Å². The molecule has 1 unspecified atom stereocenters. The molecule has 5 nitrogen and oxygen atoms in total. The smallest absolute Gasteiger partial charge is 0.416 e. The average Bonchev–Trinajstić information content (AvgIpc) is 3.47. The van der Waals surface area contributed by atoms with Crippen LogP contribution >= 0.6 is 23.2 Å². The van der Waals surface area contributed by atoms with E-state index in [1.807, 2.05) is 0 Å². The molecule has 0 N–H and O–H groups in total. The summed E-state index contributed by atoms with van der Waals surface area (Å²) in [6.07, 6.45) is -3.25. The third-order valence-electron chi connectivity index (χ3n) is 5.06. The second kappa shape index (κ2) is 9.49. The molecule has 3 aromatic rings. The number of amides is 1. The fraction of sp³-hybridized carbons (Fsp3) is 0.217. The first-order valence-corrected chi connectivity index (χ1v) is 10.6. The minimum atomic E-state index is -4.48. The molecule has 10 heteroatoms. The van der Waals surface area contributed by atoms with E-state index in [0.717, 1.165) is 17.7 Å². The van der Waals surface area contributed by atoms with E-state index in [0.29, 0.717) is 27.7 Å². The van der Waals surface area contributed by atoms with E-state index in [-0.39, 0.29) is 18.8 Å². The molecule has 1 aliphatic heterocycles. The number of alkyl halides is 3. The van der Waals surface area contributed by atoms with Gasteiger partial charge < -0.3 is 14.2 Å². The van der Waals surface area contributed by atoms with Crippen molar-refractivity contribution in [3.05, 3.63) is 93.4 Å². The van der Waals surface area contributed by atoms with E-state index in [1.165, 1.54) is 29.4 Å². The quantitative estimate of drug-likeness (QED) is 0.394. The zero-order chi connectivity index (χ0) is 23.6. The molecule has 1 aliphatic rings. The van der Waals surface area contributed by atoms with E-state index < -0.39 is 23.8 Å². The lowest BCUT2D eigenvalue weighted by Crippen LogP contribution is -2.37. The Balaban J connectivity index is 1.51. The van der Waals surface area contributed by atoms with Gasteiger partial charge in [0.1, 0.15) is 0 Å². The molecule has 0 bridgehead atoms. The van der Waals surface area contributed by atoms with Crippen molar-refractivity contribution in [2.75, 3.05) is 6.54 Å². The van der Waals surface area contributed by atoms with Gasteiger partial charge in [0.05, 0.1) is 34.1 Å². The first kappa shape index (κ1) is 23.2. The molecule has 1 atom stereocenters. The van der Waals surface area contributed by atoms with Crippen LogP contribution in [0.2, 0.25) is 10.0 Å². The van der Waals surface area contributed by atoms with Gasteiger partial charge in [-0.25, -0.2) is 0 Å². The second-order valence-electron chi connectivity index (χ2n) is 7.46. The summed E-state index contributed by atoms with van der Waals surface area (Å²) in [5.74, 6) is -0.394. The molecule has 0 saturated carbocycles. The summed E-state index contributed by atoms with van der Waals surface area (Å²) in [5, 5.41) is 4.88. The summed E-state index contributed by atoms with van der Waals surface area (Å²) in [7, 11) is 0. The molecule has 33 heavy (non-hydrogen) atoms. The van der Waals surface area contributed by atoms with Crippen molar-refractivity contribution in [3.63, 3.8) is 0 Å². The Kier molecular flexibility index (Phi) is 6.67. The summed E-state index contributed by atoms with van der Waals surface area (Å²) in [4.78, 5) is 19.9. The van der Waals surface area contributed by atoms with Gasteiger partial charge in [-0.2, -0.15) is 13.2 Å². The van der Waals surface area contributed by atoms with Gasteiger partial charge in [0.15, 0.2) is 11.9 Å². The molecule has 4 rings (SSSR count). The molecule has 0 saturated heterocycles. The molecule has 0 aliphatic carbocycles. The average molecular weight is 497 g/mol. The van der Waals surface area contributed by atoms with Gasteiger partial charge in [-0.1, -0.05) is 46.6 Å². The summed E-state index contributed by atoms with van der Waals surface area (Å²) in [6.45, 7) is 0.0233. The number of nitrogens with zero attached hydrogens (tertiary/aromatic N) is 2. The number of hydrogen-bond acceptors (Lipinski definition) is 4. The SMILES string of the molecule is O=C(c1ccco1)N(Cc1cccc(C(F)(F)F)c1)CC1CC(c2ccc(Cl)c(Cl)c2)=NO1. The molecule has 2 heterocycles. The Morgan fingerprint density at radius 3 is 2.61 bits per heavy atom. The summed E-state index contributed by atoms with van der Waals surface area (Å²) >= 11 is 12.0. The topological polar surface area (TPSA) is 55.0 Å². The third kappa shape index (κ3) is 5.51. The maximum atomic E-state index is 13.1. The fourth-order valence-electron chi connectivity index (χ4n) is 3.46. The number of hydrogen-bond donors (Lipinski definition) is 0. The maximum Gasteiger partial charge on any atom is 0.416 e. The highest BCUT2D eigenvalue weighted by Gasteiger charge is 2.32. The summed E-state index contributed by atoms with van der Waals surface area (Å²) in [6, 6.07) is 13.0. The van der Waals surface area contributed by atoms with Crippen molar-refractivity contribution in [1.29, 1.82) is 0 Å². The summed E-state index contributed by atoms with van der Waals surface area (Å²) in [5.41, 5.74) is 0.901. The Morgan fingerprint density at radius 2 is 1.91 bits per heavy atom. The van der Waals surface area contributed by atoms with Crippen molar-refractivity contribution < 1.29 is 27.2 Å². The Hall–Kier alpha value is -2.97. The highest BCUT2D eigenvalue weighted by Crippen LogP contribution is 2.30. The van der Waals surface area contributed by atoms with Gasteiger partial charge in [-0.3, -0.25) is 4.79 Å². The highest BCUT2D eigenvalue weighted by atomic mass is 35.5. The zero-order valence-electron chi connectivity index (χ0n) is 17.0. The standard InChI is InChI=1S/C23H17Cl2F3N2O3/c24-18-7-6-15(10-19(18)25)20-11-17(33-29-20)13-30(22(31)21-5-2-8-32-21)12-14-3-1-4-16(9-14)23(26,27)28/h1-10,17H,11-13H2. The highest BCUT2D eigenvalue weighted by molar-refractivity contribution is 6.42. The van der Waals surface area contributed by atoms with Crippen LogP contribution in [0.3, 0.4) is 0 Å². The first-order valence-electron chi connectivity index (χ1n) is 9.88. The van der Waals surface area contributed by atoms with Gasteiger partial charge in [0.25, 0.3) is 5.91 Å². The number of halogens is 5. The molecule has 0 spiro atoms. The van der Waals surface area contributed by atoms with E-state index in [4.69, 9.17) is 32.5 Å². The molecular weight excluding hydrogens is 480 g/mol. The predicted molar refractivity (Wildman–Crippen MR) is 117 cm³/mol. The van der Waals surface area contributed by atoms with Crippen molar-refractivity contribution >= 4 is 34.8 Å². The minimum absolute atomic E-state index is 0.0641. The third-order valence-corrected chi connectivity index (χ3v) is 5.80. The van der Waals surface area contributed by atoms with E-state index >= 15 is 0 Å². The lowest BCUT2D eigenvalue weighted by molar-refractivity contribution is -0.137. The van der Waals surface area contributed by atoms with Crippen molar-refractivity contribution in [2.45, 2.75) is 25.2 Å². The van der Waals surface area contributed by atoms with Crippen LogP contribution in [0.1, 0.15) is 33.7 Å². The molecule has 1 aromatic heterocycles. The first-order chi connectivity index (χ1) is 15.7. The number of rotatable bonds is 6. The van der Waals surface area contributed by atoms with Gasteiger partial charge >= 0.3 is 6.18 Å². The lowest BCUT2D eigenvalue weighted by Gasteiger charge is -2.24. The number of carbonyl (C=O) groups is 1. The van der Waals surface area contributed by atoms with E-state index in [1.54, 1.807) is 24.3 Å². The Labute approximate surface area is 197 Å². The van der Waals surface area contributed by atoms with Gasteiger partial charge in [0.2, 0.25) is 0 Å².